The Kier molecular flexibility index (Phi) is 4.06. The minimum absolute atomic E-state index is 0.628. The molecule has 0 fully saturated rings. The zero-order valence-electron chi connectivity index (χ0n) is 9.55. The lowest BCUT2D eigenvalue weighted by Gasteiger charge is -1.99. The first-order chi connectivity index (χ1) is 8.33. The molecule has 4 nitrogen and oxygen atoms in total. The third-order valence-corrected chi connectivity index (χ3v) is 3.15. The Morgan fingerprint density at radius 2 is 2.12 bits per heavy atom. The maximum atomic E-state index is 5.43. The van der Waals surface area contributed by atoms with Crippen LogP contribution in [0.1, 0.15) is 0 Å². The van der Waals surface area contributed by atoms with Crippen LogP contribution in [-0.2, 0) is 0 Å². The molecule has 1 aromatic heterocycles. The fourth-order valence-electron chi connectivity index (χ4n) is 1.38. The molecule has 0 radical (unpaired) electrons. The summed E-state index contributed by atoms with van der Waals surface area (Å²) in [5.41, 5.74) is 7.26. The molecular formula is C12H14N2O2S. The maximum absolute atomic E-state index is 5.43. The SMILES string of the molecule is COc1ccc(-c2cc(SCCN)on2)cc1. The van der Waals surface area contributed by atoms with Crippen LogP contribution >= 0.6 is 11.8 Å². The van der Waals surface area contributed by atoms with Gasteiger partial charge in [0, 0.05) is 23.9 Å². The molecule has 1 heterocycles. The summed E-state index contributed by atoms with van der Waals surface area (Å²) in [6.45, 7) is 0.628. The Morgan fingerprint density at radius 1 is 1.35 bits per heavy atom. The fraction of sp³-hybridized carbons (Fsp3) is 0.250. The molecule has 17 heavy (non-hydrogen) atoms. The van der Waals surface area contributed by atoms with E-state index in [0.717, 1.165) is 27.9 Å². The third kappa shape index (κ3) is 3.01. The van der Waals surface area contributed by atoms with Gasteiger partial charge < -0.3 is 15.0 Å². The van der Waals surface area contributed by atoms with Gasteiger partial charge in [-0.15, -0.1) is 0 Å². The number of hydrogen-bond donors (Lipinski definition) is 1. The van der Waals surface area contributed by atoms with E-state index >= 15 is 0 Å². The Bertz CT molecular complexity index is 468. The third-order valence-electron chi connectivity index (χ3n) is 2.24. The van der Waals surface area contributed by atoms with Crippen molar-refractivity contribution in [3.05, 3.63) is 30.3 Å². The standard InChI is InChI=1S/C12H14N2O2S/c1-15-10-4-2-9(3-5-10)11-8-12(16-14-11)17-7-6-13/h2-5,8H,6-7,13H2,1H3. The van der Waals surface area contributed by atoms with Gasteiger partial charge in [0.15, 0.2) is 5.09 Å². The summed E-state index contributed by atoms with van der Waals surface area (Å²) in [5, 5.41) is 4.81. The van der Waals surface area contributed by atoms with Gasteiger partial charge >= 0.3 is 0 Å². The van der Waals surface area contributed by atoms with Gasteiger partial charge in [0.25, 0.3) is 0 Å². The minimum atomic E-state index is 0.628. The number of thioether (sulfide) groups is 1. The van der Waals surface area contributed by atoms with Gasteiger partial charge in [0.2, 0.25) is 0 Å². The highest BCUT2D eigenvalue weighted by Gasteiger charge is 2.06. The predicted molar refractivity (Wildman–Crippen MR) is 68.3 cm³/mol. The molecule has 5 heteroatoms. The van der Waals surface area contributed by atoms with Crippen LogP contribution in [0.2, 0.25) is 0 Å². The number of aromatic nitrogens is 1. The monoisotopic (exact) mass is 250 g/mol. The summed E-state index contributed by atoms with van der Waals surface area (Å²) in [5.74, 6) is 1.66. The summed E-state index contributed by atoms with van der Waals surface area (Å²) >= 11 is 1.56. The number of methoxy groups -OCH3 is 1. The van der Waals surface area contributed by atoms with E-state index in [9.17, 15) is 0 Å². The molecule has 0 unspecified atom stereocenters. The molecule has 2 N–H and O–H groups in total. The van der Waals surface area contributed by atoms with E-state index < -0.39 is 0 Å². The lowest BCUT2D eigenvalue weighted by Crippen LogP contribution is -2.00. The summed E-state index contributed by atoms with van der Waals surface area (Å²) in [6.07, 6.45) is 0. The van der Waals surface area contributed by atoms with Crippen molar-refractivity contribution >= 4 is 11.8 Å². The molecule has 0 spiro atoms. The van der Waals surface area contributed by atoms with Crippen LogP contribution in [0.15, 0.2) is 39.9 Å². The first-order valence-electron chi connectivity index (χ1n) is 5.27. The van der Waals surface area contributed by atoms with Crippen LogP contribution in [0.4, 0.5) is 0 Å². The summed E-state index contributed by atoms with van der Waals surface area (Å²) in [4.78, 5) is 0. The average Bonchev–Trinajstić information content (AvgIpc) is 2.85. The largest absolute Gasteiger partial charge is 0.497 e. The Morgan fingerprint density at radius 3 is 2.76 bits per heavy atom. The quantitative estimate of drug-likeness (QED) is 0.826. The van der Waals surface area contributed by atoms with E-state index in [0.29, 0.717) is 6.54 Å². The van der Waals surface area contributed by atoms with E-state index in [1.807, 2.05) is 30.3 Å². The topological polar surface area (TPSA) is 61.3 Å². The van der Waals surface area contributed by atoms with Gasteiger partial charge in [-0.25, -0.2) is 0 Å². The molecule has 2 rings (SSSR count). The number of ether oxygens (including phenoxy) is 1. The molecule has 0 bridgehead atoms. The van der Waals surface area contributed by atoms with Gasteiger partial charge in [0.1, 0.15) is 11.4 Å². The van der Waals surface area contributed by atoms with E-state index in [4.69, 9.17) is 15.0 Å². The molecule has 90 valence electrons. The normalized spacial score (nSPS) is 10.5. The molecule has 0 saturated carbocycles. The second-order valence-corrected chi connectivity index (χ2v) is 4.50. The van der Waals surface area contributed by atoms with Crippen molar-refractivity contribution in [2.75, 3.05) is 19.4 Å². The molecule has 1 aromatic carbocycles. The molecule has 0 atom stereocenters. The Labute approximate surface area is 104 Å². The van der Waals surface area contributed by atoms with Crippen LogP contribution < -0.4 is 10.5 Å². The van der Waals surface area contributed by atoms with Crippen LogP contribution in [0.25, 0.3) is 11.3 Å². The van der Waals surface area contributed by atoms with E-state index in [1.54, 1.807) is 18.9 Å². The highest BCUT2D eigenvalue weighted by atomic mass is 32.2. The maximum Gasteiger partial charge on any atom is 0.193 e. The van der Waals surface area contributed by atoms with Crippen molar-refractivity contribution in [3.8, 4) is 17.0 Å². The van der Waals surface area contributed by atoms with Crippen molar-refractivity contribution in [2.24, 2.45) is 5.73 Å². The van der Waals surface area contributed by atoms with Crippen molar-refractivity contribution in [3.63, 3.8) is 0 Å². The molecule has 0 aliphatic carbocycles. The second kappa shape index (κ2) is 5.75. The van der Waals surface area contributed by atoms with Crippen molar-refractivity contribution in [1.82, 2.24) is 5.16 Å². The van der Waals surface area contributed by atoms with Gasteiger partial charge in [0.05, 0.1) is 7.11 Å². The summed E-state index contributed by atoms with van der Waals surface area (Å²) < 4.78 is 10.3. The molecule has 0 saturated heterocycles. The lowest BCUT2D eigenvalue weighted by atomic mass is 10.1. The van der Waals surface area contributed by atoms with Crippen molar-refractivity contribution in [2.45, 2.75) is 5.09 Å². The second-order valence-electron chi connectivity index (χ2n) is 3.40. The van der Waals surface area contributed by atoms with E-state index in [1.165, 1.54) is 0 Å². The van der Waals surface area contributed by atoms with E-state index in [2.05, 4.69) is 5.16 Å². The van der Waals surface area contributed by atoms with Crippen LogP contribution in [0, 0.1) is 0 Å². The van der Waals surface area contributed by atoms with Crippen LogP contribution in [-0.4, -0.2) is 24.6 Å². The van der Waals surface area contributed by atoms with Gasteiger partial charge in [-0.05, 0) is 24.3 Å². The summed E-state index contributed by atoms with van der Waals surface area (Å²) in [6, 6.07) is 9.62. The van der Waals surface area contributed by atoms with Crippen molar-refractivity contribution in [1.29, 1.82) is 0 Å². The zero-order chi connectivity index (χ0) is 12.1. The first kappa shape index (κ1) is 12.0. The molecule has 0 aliphatic rings. The van der Waals surface area contributed by atoms with Gasteiger partial charge in [-0.1, -0.05) is 16.9 Å². The number of hydrogen-bond acceptors (Lipinski definition) is 5. The Hall–Kier alpha value is -1.46. The highest BCUT2D eigenvalue weighted by Crippen LogP contribution is 2.26. The van der Waals surface area contributed by atoms with E-state index in [-0.39, 0.29) is 0 Å². The molecule has 0 amide bonds. The smallest absolute Gasteiger partial charge is 0.193 e. The van der Waals surface area contributed by atoms with Crippen molar-refractivity contribution < 1.29 is 9.26 Å². The van der Waals surface area contributed by atoms with Crippen LogP contribution in [0.5, 0.6) is 5.75 Å². The minimum Gasteiger partial charge on any atom is -0.497 e. The summed E-state index contributed by atoms with van der Waals surface area (Å²) in [7, 11) is 1.65. The van der Waals surface area contributed by atoms with Gasteiger partial charge in [-0.2, -0.15) is 0 Å². The molecular weight excluding hydrogens is 236 g/mol. The van der Waals surface area contributed by atoms with Gasteiger partial charge in [-0.3, -0.25) is 0 Å². The van der Waals surface area contributed by atoms with Crippen LogP contribution in [0.3, 0.4) is 0 Å². The number of rotatable bonds is 5. The fourth-order valence-corrected chi connectivity index (χ4v) is 1.99. The lowest BCUT2D eigenvalue weighted by molar-refractivity contribution is 0.351. The first-order valence-corrected chi connectivity index (χ1v) is 6.26. The number of nitrogens with two attached hydrogens (primary N) is 1. The highest BCUT2D eigenvalue weighted by molar-refractivity contribution is 7.99. The number of nitrogens with zero attached hydrogens (tertiary/aromatic N) is 1. The number of benzene rings is 1. The Balaban J connectivity index is 2.12. The zero-order valence-corrected chi connectivity index (χ0v) is 10.4. The average molecular weight is 250 g/mol. The molecule has 0 aliphatic heterocycles. The predicted octanol–water partition coefficient (Wildman–Crippen LogP) is 2.40. The molecule has 2 aromatic rings.